The van der Waals surface area contributed by atoms with E-state index in [1.54, 1.807) is 33.2 Å². The molecular formula is C45H58N12O10S2. The van der Waals surface area contributed by atoms with Crippen molar-refractivity contribution in [3.63, 3.8) is 0 Å². The molecule has 6 aromatic rings. The van der Waals surface area contributed by atoms with E-state index in [1.165, 1.54) is 47.1 Å². The lowest BCUT2D eigenvalue weighted by Crippen LogP contribution is -2.51. The van der Waals surface area contributed by atoms with Crippen LogP contribution in [0.5, 0.6) is 11.5 Å². The number of nitrogens with one attached hydrogen (secondary N) is 2. The summed E-state index contributed by atoms with van der Waals surface area (Å²) in [5.74, 6) is 1.06. The number of hydrogen-bond acceptors (Lipinski definition) is 15. The van der Waals surface area contributed by atoms with Gasteiger partial charge in [-0.2, -0.15) is 18.8 Å². The Labute approximate surface area is 399 Å². The van der Waals surface area contributed by atoms with Gasteiger partial charge in [0.05, 0.1) is 45.5 Å². The Kier molecular flexibility index (Phi) is 14.6. The first-order valence-corrected chi connectivity index (χ1v) is 26.1. The van der Waals surface area contributed by atoms with Gasteiger partial charge in [0.15, 0.2) is 11.0 Å². The highest BCUT2D eigenvalue weighted by molar-refractivity contribution is 7.89. The van der Waals surface area contributed by atoms with Gasteiger partial charge in [-0.3, -0.25) is 23.9 Å². The largest absolute Gasteiger partial charge is 0.493 e. The van der Waals surface area contributed by atoms with Gasteiger partial charge in [-0.05, 0) is 63.1 Å². The molecule has 0 radical (unpaired) electrons. The summed E-state index contributed by atoms with van der Waals surface area (Å²) in [6.07, 6.45) is 2.24. The molecule has 2 N–H and O–H groups in total. The molecule has 0 bridgehead atoms. The SMILES string of the molecule is CCCc1nn(C)c2c(=O)[nH]c(-c3cc(S(=O)(=O)N4CCN(CCOC(=O)N5CCN(S(=O)(=O)c6ccc(OCC)c(-c7nc8c(CCC)nn(C)c8c(=O)[nH]7)c6)CC5)CC4)ccc3OCC)nc12. The number of H-pyrrole nitrogens is 2. The molecule has 0 spiro atoms. The van der Waals surface area contributed by atoms with Crippen LogP contribution in [-0.4, -0.2) is 160 Å². The van der Waals surface area contributed by atoms with Gasteiger partial charge < -0.3 is 29.1 Å². The van der Waals surface area contributed by atoms with Crippen molar-refractivity contribution in [3.8, 4) is 34.3 Å². The van der Waals surface area contributed by atoms with E-state index in [9.17, 15) is 31.2 Å². The number of piperazine rings is 2. The molecule has 370 valence electrons. The lowest BCUT2D eigenvalue weighted by atomic mass is 10.1. The van der Waals surface area contributed by atoms with E-state index in [-0.39, 0.29) is 67.3 Å². The fourth-order valence-electron chi connectivity index (χ4n) is 8.79. The lowest BCUT2D eigenvalue weighted by molar-refractivity contribution is 0.0747. The Balaban J connectivity index is 0.862. The third kappa shape index (κ3) is 9.84. The van der Waals surface area contributed by atoms with Gasteiger partial charge in [-0.1, -0.05) is 26.7 Å². The zero-order chi connectivity index (χ0) is 49.2. The highest BCUT2D eigenvalue weighted by Crippen LogP contribution is 2.34. The van der Waals surface area contributed by atoms with Crippen LogP contribution in [0.4, 0.5) is 4.79 Å². The smallest absolute Gasteiger partial charge is 0.409 e. The molecular weight excluding hydrogens is 933 g/mol. The van der Waals surface area contributed by atoms with Gasteiger partial charge in [0.2, 0.25) is 20.0 Å². The molecule has 0 unspecified atom stereocenters. The van der Waals surface area contributed by atoms with Crippen molar-refractivity contribution in [2.75, 3.05) is 78.7 Å². The van der Waals surface area contributed by atoms with Crippen molar-refractivity contribution in [2.45, 2.75) is 63.2 Å². The number of hydrogen-bond donors (Lipinski definition) is 2. The van der Waals surface area contributed by atoms with Crippen LogP contribution in [0.3, 0.4) is 0 Å². The van der Waals surface area contributed by atoms with Crippen molar-refractivity contribution in [3.05, 3.63) is 68.5 Å². The van der Waals surface area contributed by atoms with Crippen LogP contribution in [0.15, 0.2) is 55.8 Å². The first-order chi connectivity index (χ1) is 33.1. The highest BCUT2D eigenvalue weighted by Gasteiger charge is 2.33. The molecule has 2 aliphatic heterocycles. The van der Waals surface area contributed by atoms with E-state index in [0.717, 1.165) is 12.8 Å². The molecule has 0 aliphatic carbocycles. The number of aryl methyl sites for hydroxylation is 4. The van der Waals surface area contributed by atoms with Gasteiger partial charge >= 0.3 is 6.09 Å². The van der Waals surface area contributed by atoms with Crippen molar-refractivity contribution in [2.24, 2.45) is 14.1 Å². The molecule has 2 saturated heterocycles. The predicted molar refractivity (Wildman–Crippen MR) is 256 cm³/mol. The quantitative estimate of drug-likeness (QED) is 0.133. The third-order valence-corrected chi connectivity index (χ3v) is 16.0. The minimum absolute atomic E-state index is 0.0218. The zero-order valence-electron chi connectivity index (χ0n) is 39.6. The predicted octanol–water partition coefficient (Wildman–Crippen LogP) is 3.11. The molecule has 0 saturated carbocycles. The maximum absolute atomic E-state index is 14.0. The van der Waals surface area contributed by atoms with Crippen LogP contribution in [0.2, 0.25) is 0 Å². The number of carbonyl (C=O) groups is 1. The van der Waals surface area contributed by atoms with Crippen molar-refractivity contribution in [1.82, 2.24) is 57.9 Å². The Bertz CT molecular complexity index is 3220. The highest BCUT2D eigenvalue weighted by atomic mass is 32.2. The number of aromatic amines is 2. The summed E-state index contributed by atoms with van der Waals surface area (Å²) in [5.41, 5.74) is 2.73. The van der Waals surface area contributed by atoms with Crippen LogP contribution in [0.1, 0.15) is 51.9 Å². The fourth-order valence-corrected chi connectivity index (χ4v) is 11.7. The summed E-state index contributed by atoms with van der Waals surface area (Å²) in [5, 5.41) is 8.97. The van der Waals surface area contributed by atoms with Crippen LogP contribution in [0.25, 0.3) is 44.8 Å². The van der Waals surface area contributed by atoms with E-state index in [4.69, 9.17) is 24.2 Å². The van der Waals surface area contributed by atoms with Crippen molar-refractivity contribution >= 4 is 48.2 Å². The summed E-state index contributed by atoms with van der Waals surface area (Å²) in [6.45, 7) is 10.1. The Morgan fingerprint density at radius 2 is 1.07 bits per heavy atom. The minimum atomic E-state index is -4.05. The second kappa shape index (κ2) is 20.4. The lowest BCUT2D eigenvalue weighted by Gasteiger charge is -2.35. The molecule has 2 fully saturated rings. The van der Waals surface area contributed by atoms with Crippen molar-refractivity contribution < 1.29 is 35.8 Å². The Morgan fingerprint density at radius 3 is 1.49 bits per heavy atom. The number of carbonyl (C=O) groups excluding carboxylic acids is 1. The molecule has 6 heterocycles. The van der Waals surface area contributed by atoms with Crippen LogP contribution < -0.4 is 20.6 Å². The number of fused-ring (bicyclic) bond motifs is 2. The number of nitrogens with zero attached hydrogens (tertiary/aromatic N) is 10. The number of aromatic nitrogens is 8. The Morgan fingerprint density at radius 1 is 0.638 bits per heavy atom. The fraction of sp³-hybridized carbons (Fsp3) is 0.489. The monoisotopic (exact) mass is 990 g/mol. The number of amides is 1. The van der Waals surface area contributed by atoms with Crippen molar-refractivity contribution in [1.29, 1.82) is 0 Å². The Hall–Kier alpha value is -6.21. The molecule has 4 aromatic heterocycles. The maximum Gasteiger partial charge on any atom is 0.409 e. The van der Waals surface area contributed by atoms with Gasteiger partial charge in [-0.25, -0.2) is 31.6 Å². The standard InChI is InChI=1S/C45H58N12O10S2/c1-7-11-33-37-39(52(5)50-33)43(58)48-41(46-37)31-27-29(13-15-35(31)65-9-3)68(61,62)56-21-17-54(18-22-56)25-26-67-45(60)55-19-23-57(24-20-55)69(63,64)30-14-16-36(66-10-4)32(28-30)42-47-38-34(12-8-2)51-53(6)40(38)44(59)49-42/h13-16,27-28H,7-12,17-26H2,1-6H3,(H,46,48,58)(H,47,49,59). The first kappa shape index (κ1) is 49.2. The van der Waals surface area contributed by atoms with Crippen LogP contribution >= 0.6 is 0 Å². The number of sulfonamides is 2. The van der Waals surface area contributed by atoms with E-state index in [1.807, 2.05) is 25.7 Å². The summed E-state index contributed by atoms with van der Waals surface area (Å²) in [6, 6.07) is 8.98. The molecule has 1 amide bonds. The first-order valence-electron chi connectivity index (χ1n) is 23.2. The zero-order valence-corrected chi connectivity index (χ0v) is 41.3. The second-order valence-electron chi connectivity index (χ2n) is 16.8. The molecule has 2 aliphatic rings. The van der Waals surface area contributed by atoms with Gasteiger partial charge in [0, 0.05) is 73.0 Å². The van der Waals surface area contributed by atoms with Crippen LogP contribution in [-0.2, 0) is 51.7 Å². The third-order valence-electron chi connectivity index (χ3n) is 12.2. The second-order valence-corrected chi connectivity index (χ2v) is 20.7. The molecule has 2 aromatic carbocycles. The normalized spacial score (nSPS) is 15.6. The molecule has 0 atom stereocenters. The average Bonchev–Trinajstić information content (AvgIpc) is 3.83. The topological polar surface area (TPSA) is 253 Å². The summed E-state index contributed by atoms with van der Waals surface area (Å²) >= 11 is 0. The summed E-state index contributed by atoms with van der Waals surface area (Å²) in [4.78, 5) is 58.2. The van der Waals surface area contributed by atoms with E-state index in [2.05, 4.69) is 20.2 Å². The molecule has 69 heavy (non-hydrogen) atoms. The molecule has 8 rings (SSSR count). The van der Waals surface area contributed by atoms with Gasteiger partial charge in [-0.15, -0.1) is 0 Å². The number of rotatable bonds is 17. The minimum Gasteiger partial charge on any atom is -0.493 e. The van der Waals surface area contributed by atoms with Gasteiger partial charge in [0.1, 0.15) is 40.8 Å². The number of benzene rings is 2. The van der Waals surface area contributed by atoms with E-state index in [0.29, 0.717) is 102 Å². The van der Waals surface area contributed by atoms with Gasteiger partial charge in [0.25, 0.3) is 11.1 Å². The molecule has 24 heteroatoms. The van der Waals surface area contributed by atoms with E-state index < -0.39 is 37.3 Å². The number of ether oxygens (including phenoxy) is 3. The van der Waals surface area contributed by atoms with E-state index >= 15 is 0 Å². The summed E-state index contributed by atoms with van der Waals surface area (Å²) in [7, 11) is -4.66. The average molecular weight is 991 g/mol. The summed E-state index contributed by atoms with van der Waals surface area (Å²) < 4.78 is 79.1. The molecule has 22 nitrogen and oxygen atoms in total. The van der Waals surface area contributed by atoms with Crippen LogP contribution in [0, 0.1) is 0 Å². The maximum atomic E-state index is 14.0.